The molecule has 0 aromatic heterocycles. The molecular formula is C4H8N2O2. The lowest BCUT2D eigenvalue weighted by Crippen LogP contribution is -2.28. The molecule has 0 saturated carbocycles. The van der Waals surface area contributed by atoms with Crippen molar-refractivity contribution in [2.45, 2.75) is 12.5 Å². The standard InChI is InChI=1S/C4H8N2O2/c5-3(2-7)1-4(6)8/h2-3H,1,5H2,(H2,6,8)/t3-/m0/s1/i/hD. The van der Waals surface area contributed by atoms with E-state index in [9.17, 15) is 9.59 Å². The Hall–Kier alpha value is -0.900. The average molecular weight is 117 g/mol. The number of amides is 1. The van der Waals surface area contributed by atoms with Crippen molar-refractivity contribution < 1.29 is 11.0 Å². The van der Waals surface area contributed by atoms with Crippen LogP contribution in [0.4, 0.5) is 0 Å². The van der Waals surface area contributed by atoms with Gasteiger partial charge in [0.2, 0.25) is 5.91 Å². The van der Waals surface area contributed by atoms with Crippen LogP contribution in [-0.2, 0) is 9.59 Å². The first-order chi connectivity index (χ1) is 4.20. The van der Waals surface area contributed by atoms with E-state index in [0.717, 1.165) is 0 Å². The summed E-state index contributed by atoms with van der Waals surface area (Å²) in [5.41, 5.74) is 6.59. The van der Waals surface area contributed by atoms with Crippen LogP contribution in [0.25, 0.3) is 0 Å². The van der Waals surface area contributed by atoms with Gasteiger partial charge < -0.3 is 16.3 Å². The van der Waals surface area contributed by atoms with E-state index in [2.05, 4.69) is 0 Å². The fraction of sp³-hybridized carbons (Fsp3) is 0.500. The monoisotopic (exact) mass is 117 g/mol. The third kappa shape index (κ3) is 3.30. The van der Waals surface area contributed by atoms with Gasteiger partial charge >= 0.3 is 0 Å². The molecule has 4 heteroatoms. The Labute approximate surface area is 48.3 Å². The molecule has 1 atom stereocenters. The number of primary amides is 1. The summed E-state index contributed by atoms with van der Waals surface area (Å²) < 4.78 is 6.46. The van der Waals surface area contributed by atoms with Gasteiger partial charge in [0, 0.05) is 6.42 Å². The lowest BCUT2D eigenvalue weighted by molar-refractivity contribution is -0.120. The smallest absolute Gasteiger partial charge is 0.219 e. The summed E-state index contributed by atoms with van der Waals surface area (Å²) in [6, 6.07) is -0.762. The zero-order chi connectivity index (χ0) is 7.28. The Morgan fingerprint density at radius 3 is 2.75 bits per heavy atom. The maximum absolute atomic E-state index is 10.1. The van der Waals surface area contributed by atoms with Crippen molar-refractivity contribution in [3.8, 4) is 0 Å². The van der Waals surface area contributed by atoms with Crippen molar-refractivity contribution in [3.63, 3.8) is 0 Å². The molecule has 4 nitrogen and oxygen atoms in total. The largest absolute Gasteiger partial charge is 0.370 e. The van der Waals surface area contributed by atoms with Crippen LogP contribution in [0.2, 0.25) is 1.41 Å². The topological polar surface area (TPSA) is 86.2 Å². The fourth-order valence-electron chi connectivity index (χ4n) is 0.265. The molecule has 0 aromatic carbocycles. The Balaban J connectivity index is 3.55. The second-order valence-corrected chi connectivity index (χ2v) is 1.41. The summed E-state index contributed by atoms with van der Waals surface area (Å²) in [5, 5.41) is 0. The number of hydrogen-bond donors (Lipinski definition) is 2. The van der Waals surface area contributed by atoms with Crippen molar-refractivity contribution >= 4 is 12.2 Å². The molecule has 0 aromatic rings. The summed E-state index contributed by atoms with van der Waals surface area (Å²) in [7, 11) is 0. The number of carbonyl (C=O) groups excluding carboxylic acids is 2. The van der Waals surface area contributed by atoms with Crippen LogP contribution in [0.3, 0.4) is 0 Å². The van der Waals surface area contributed by atoms with Gasteiger partial charge in [-0.25, -0.2) is 0 Å². The van der Waals surface area contributed by atoms with Gasteiger partial charge in [-0.2, -0.15) is 0 Å². The second kappa shape index (κ2) is 3.15. The molecule has 0 bridgehead atoms. The highest BCUT2D eigenvalue weighted by Gasteiger charge is 2.02. The van der Waals surface area contributed by atoms with Crippen molar-refractivity contribution in [1.82, 2.24) is 0 Å². The lowest BCUT2D eigenvalue weighted by Gasteiger charge is -1.95. The first-order valence-corrected chi connectivity index (χ1v) is 2.11. The first-order valence-electron chi connectivity index (χ1n) is 2.61. The second-order valence-electron chi connectivity index (χ2n) is 1.41. The van der Waals surface area contributed by atoms with Gasteiger partial charge in [0.05, 0.1) is 6.04 Å². The van der Waals surface area contributed by atoms with Crippen LogP contribution in [0.5, 0.6) is 0 Å². The third-order valence-electron chi connectivity index (χ3n) is 0.585. The van der Waals surface area contributed by atoms with E-state index in [0.29, 0.717) is 6.29 Å². The van der Waals surface area contributed by atoms with Gasteiger partial charge in [0.15, 0.2) is 0 Å². The quantitative estimate of drug-likeness (QED) is 0.434. The number of rotatable bonds is 4. The zero-order valence-corrected chi connectivity index (χ0v) is 4.26. The molecule has 0 saturated heterocycles. The maximum Gasteiger partial charge on any atom is 0.219 e. The zero-order valence-electron chi connectivity index (χ0n) is 5.26. The van der Waals surface area contributed by atoms with E-state index in [1.165, 1.54) is 0 Å². The molecule has 0 unspecified atom stereocenters. The van der Waals surface area contributed by atoms with E-state index in [-0.39, 0.29) is 6.42 Å². The van der Waals surface area contributed by atoms with Crippen molar-refractivity contribution in [3.05, 3.63) is 0 Å². The Bertz CT molecular complexity index is 117. The normalized spacial score (nSPS) is 14.2. The minimum absolute atomic E-state index is 0.118. The van der Waals surface area contributed by atoms with Gasteiger partial charge in [-0.1, -0.05) is 0 Å². The van der Waals surface area contributed by atoms with Crippen molar-refractivity contribution in [2.75, 3.05) is 0 Å². The van der Waals surface area contributed by atoms with Gasteiger partial charge in [-0.15, -0.1) is 0 Å². The van der Waals surface area contributed by atoms with Gasteiger partial charge in [-0.05, 0) is 0 Å². The van der Waals surface area contributed by atoms with Gasteiger partial charge in [0.25, 0.3) is 0 Å². The lowest BCUT2D eigenvalue weighted by atomic mass is 10.2. The van der Waals surface area contributed by atoms with E-state index in [1.807, 2.05) is 5.73 Å². The molecule has 0 aliphatic carbocycles. The van der Waals surface area contributed by atoms with Crippen LogP contribution in [0.15, 0.2) is 0 Å². The number of nitrogens with two attached hydrogens (primary N) is 2. The minimum Gasteiger partial charge on any atom is -0.370 e. The molecule has 8 heavy (non-hydrogen) atoms. The summed E-state index contributed by atoms with van der Waals surface area (Å²) in [4.78, 5) is 19.9. The summed E-state index contributed by atoms with van der Waals surface area (Å²) in [6.45, 7) is 0. The highest BCUT2D eigenvalue weighted by atomic mass is 16.1. The van der Waals surface area contributed by atoms with Crippen LogP contribution < -0.4 is 11.5 Å². The van der Waals surface area contributed by atoms with Crippen LogP contribution in [0.1, 0.15) is 6.42 Å². The minimum atomic E-state index is -0.762. The van der Waals surface area contributed by atoms with E-state index >= 15 is 0 Å². The Morgan fingerprint density at radius 1 is 2.00 bits per heavy atom. The Morgan fingerprint density at radius 2 is 2.62 bits per heavy atom. The summed E-state index contributed by atoms with van der Waals surface area (Å²) in [5.74, 6) is -0.591. The van der Waals surface area contributed by atoms with Gasteiger partial charge in [-0.3, -0.25) is 4.79 Å². The first kappa shape index (κ1) is 5.24. The van der Waals surface area contributed by atoms with Crippen molar-refractivity contribution in [1.29, 1.82) is 0 Å². The predicted octanol–water partition coefficient (Wildman–Crippen LogP) is -1.61. The molecular weight excluding hydrogens is 108 g/mol. The number of hydrogen-bond acceptors (Lipinski definition) is 3. The maximum atomic E-state index is 10.1. The van der Waals surface area contributed by atoms with E-state index in [1.54, 1.807) is 0 Å². The molecule has 0 fully saturated rings. The van der Waals surface area contributed by atoms with Crippen LogP contribution in [-0.4, -0.2) is 18.2 Å². The molecule has 0 rings (SSSR count). The Kier molecular flexibility index (Phi) is 2.06. The van der Waals surface area contributed by atoms with Crippen molar-refractivity contribution in [2.24, 2.45) is 11.5 Å². The summed E-state index contributed by atoms with van der Waals surface area (Å²) >= 11 is 0. The van der Waals surface area contributed by atoms with E-state index in [4.69, 9.17) is 7.15 Å². The fourth-order valence-corrected chi connectivity index (χ4v) is 0.265. The third-order valence-corrected chi connectivity index (χ3v) is 0.585. The highest BCUT2D eigenvalue weighted by Crippen LogP contribution is 1.78. The van der Waals surface area contributed by atoms with Crippen LogP contribution in [0, 0.1) is 0 Å². The molecule has 0 aliphatic rings. The molecule has 1 amide bonds. The highest BCUT2D eigenvalue weighted by molar-refractivity contribution is 5.78. The molecule has 0 aliphatic heterocycles. The molecule has 0 spiro atoms. The summed E-state index contributed by atoms with van der Waals surface area (Å²) in [6.07, 6.45) is 0.352. The molecule has 0 radical (unpaired) electrons. The number of carbonyl (C=O) groups is 2. The SMILES string of the molecule is [2H]N[C@H](C=O)CC(N)=O. The molecule has 0 heterocycles. The van der Waals surface area contributed by atoms with Gasteiger partial charge in [0.1, 0.15) is 7.70 Å². The molecule has 46 valence electrons. The van der Waals surface area contributed by atoms with E-state index < -0.39 is 11.9 Å². The molecule has 4 N–H and O–H groups in total. The van der Waals surface area contributed by atoms with Crippen LogP contribution >= 0.6 is 0 Å². The predicted molar refractivity (Wildman–Crippen MR) is 27.9 cm³/mol. The average Bonchev–Trinajstić information content (AvgIpc) is 1.82. The number of aldehydes is 1.